The lowest BCUT2D eigenvalue weighted by molar-refractivity contribution is 0.110. The van der Waals surface area contributed by atoms with E-state index >= 15 is 0 Å². The molecule has 0 bridgehead atoms. The summed E-state index contributed by atoms with van der Waals surface area (Å²) < 4.78 is 0. The normalized spacial score (nSPS) is 23.2. The van der Waals surface area contributed by atoms with E-state index in [-0.39, 0.29) is 24.8 Å². The van der Waals surface area contributed by atoms with Gasteiger partial charge in [0.05, 0.1) is 0 Å². The zero-order valence-electron chi connectivity index (χ0n) is 13.0. The topological polar surface area (TPSA) is 18.5 Å². The van der Waals surface area contributed by atoms with E-state index in [1.165, 1.54) is 51.3 Å². The van der Waals surface area contributed by atoms with Gasteiger partial charge in [-0.15, -0.1) is 24.8 Å². The summed E-state index contributed by atoms with van der Waals surface area (Å²) in [6.07, 6.45) is 5.85. The van der Waals surface area contributed by atoms with E-state index in [9.17, 15) is 0 Å². The summed E-state index contributed by atoms with van der Waals surface area (Å²) in [6, 6.07) is 11.3. The van der Waals surface area contributed by atoms with E-state index in [1.807, 2.05) is 0 Å². The molecule has 1 atom stereocenters. The maximum absolute atomic E-state index is 3.47. The lowest BCUT2D eigenvalue weighted by Crippen LogP contribution is -2.50. The number of rotatable bonds is 4. The molecule has 2 heterocycles. The summed E-state index contributed by atoms with van der Waals surface area (Å²) in [7, 11) is 0. The Kier molecular flexibility index (Phi) is 9.06. The first-order valence-corrected chi connectivity index (χ1v) is 7.80. The van der Waals surface area contributed by atoms with Crippen LogP contribution in [0.2, 0.25) is 0 Å². The third kappa shape index (κ3) is 5.56. The minimum Gasteiger partial charge on any atom is -0.315 e. The van der Waals surface area contributed by atoms with Crippen LogP contribution in [0.25, 0.3) is 6.08 Å². The molecule has 0 radical (unpaired) electrons. The van der Waals surface area contributed by atoms with Gasteiger partial charge in [-0.3, -0.25) is 9.80 Å². The molecule has 3 rings (SSSR count). The van der Waals surface area contributed by atoms with E-state index < -0.39 is 0 Å². The Labute approximate surface area is 146 Å². The summed E-state index contributed by atoms with van der Waals surface area (Å²) in [5.74, 6) is 0. The number of nitrogens with one attached hydrogen (secondary N) is 1. The van der Waals surface area contributed by atoms with Crippen LogP contribution in [0.15, 0.2) is 36.4 Å². The van der Waals surface area contributed by atoms with Gasteiger partial charge >= 0.3 is 0 Å². The first-order valence-electron chi connectivity index (χ1n) is 7.80. The Balaban J connectivity index is 0.00000121. The van der Waals surface area contributed by atoms with Crippen LogP contribution >= 0.6 is 24.8 Å². The lowest BCUT2D eigenvalue weighted by Gasteiger charge is -2.37. The molecule has 1 aromatic carbocycles. The van der Waals surface area contributed by atoms with Crippen LogP contribution in [0.1, 0.15) is 12.0 Å². The number of nitrogens with zero attached hydrogens (tertiary/aromatic N) is 2. The minimum atomic E-state index is 0. The predicted octanol–water partition coefficient (Wildman–Crippen LogP) is 2.52. The maximum atomic E-state index is 3.47. The Bertz CT molecular complexity index is 425. The molecule has 1 N–H and O–H groups in total. The largest absolute Gasteiger partial charge is 0.315 e. The van der Waals surface area contributed by atoms with Crippen molar-refractivity contribution in [2.24, 2.45) is 0 Å². The fraction of sp³-hybridized carbons (Fsp3) is 0.529. The average molecular weight is 344 g/mol. The quantitative estimate of drug-likeness (QED) is 0.906. The molecule has 124 valence electrons. The van der Waals surface area contributed by atoms with Gasteiger partial charge < -0.3 is 5.32 Å². The molecule has 5 heteroatoms. The fourth-order valence-corrected chi connectivity index (χ4v) is 3.16. The molecule has 0 spiro atoms. The van der Waals surface area contributed by atoms with Crippen LogP contribution in [0.4, 0.5) is 0 Å². The van der Waals surface area contributed by atoms with Crippen molar-refractivity contribution in [3.63, 3.8) is 0 Å². The third-order valence-electron chi connectivity index (χ3n) is 4.43. The van der Waals surface area contributed by atoms with Crippen molar-refractivity contribution < 1.29 is 0 Å². The molecule has 2 fully saturated rings. The number of hydrogen-bond acceptors (Lipinski definition) is 3. The molecule has 1 unspecified atom stereocenters. The minimum absolute atomic E-state index is 0. The number of hydrogen-bond donors (Lipinski definition) is 1. The third-order valence-corrected chi connectivity index (χ3v) is 4.43. The van der Waals surface area contributed by atoms with E-state index in [0.717, 1.165) is 12.6 Å². The first kappa shape index (κ1) is 19.5. The zero-order chi connectivity index (χ0) is 13.6. The highest BCUT2D eigenvalue weighted by molar-refractivity contribution is 5.85. The highest BCUT2D eigenvalue weighted by Gasteiger charge is 2.25. The second-order valence-electron chi connectivity index (χ2n) is 5.80. The van der Waals surface area contributed by atoms with Crippen LogP contribution in [0.5, 0.6) is 0 Å². The SMILES string of the molecule is C(=C\c1ccccc1)/CN1CCN(C2CCNC2)CC1.Cl.Cl. The van der Waals surface area contributed by atoms with Gasteiger partial charge in [0.1, 0.15) is 0 Å². The molecule has 2 aliphatic heterocycles. The molecule has 22 heavy (non-hydrogen) atoms. The summed E-state index contributed by atoms with van der Waals surface area (Å²) in [4.78, 5) is 5.22. The highest BCUT2D eigenvalue weighted by Crippen LogP contribution is 2.12. The van der Waals surface area contributed by atoms with Gasteiger partial charge in [0.25, 0.3) is 0 Å². The van der Waals surface area contributed by atoms with E-state index in [2.05, 4.69) is 57.6 Å². The molecular formula is C17H27Cl2N3. The second kappa shape index (κ2) is 10.2. The second-order valence-corrected chi connectivity index (χ2v) is 5.80. The van der Waals surface area contributed by atoms with E-state index in [0.29, 0.717) is 0 Å². The molecule has 3 nitrogen and oxygen atoms in total. The van der Waals surface area contributed by atoms with E-state index in [1.54, 1.807) is 0 Å². The molecule has 2 aliphatic rings. The molecule has 0 aliphatic carbocycles. The molecule has 0 amide bonds. The van der Waals surface area contributed by atoms with Crippen LogP contribution < -0.4 is 5.32 Å². The van der Waals surface area contributed by atoms with Crippen LogP contribution in [-0.2, 0) is 0 Å². The monoisotopic (exact) mass is 343 g/mol. The summed E-state index contributed by atoms with van der Waals surface area (Å²) >= 11 is 0. The zero-order valence-corrected chi connectivity index (χ0v) is 14.6. The van der Waals surface area contributed by atoms with Crippen molar-refractivity contribution in [3.05, 3.63) is 42.0 Å². The van der Waals surface area contributed by atoms with Gasteiger partial charge in [-0.05, 0) is 18.5 Å². The van der Waals surface area contributed by atoms with Gasteiger partial charge in [0.15, 0.2) is 0 Å². The van der Waals surface area contributed by atoms with Gasteiger partial charge in [-0.2, -0.15) is 0 Å². The molecule has 0 aromatic heterocycles. The van der Waals surface area contributed by atoms with Crippen molar-refractivity contribution in [3.8, 4) is 0 Å². The van der Waals surface area contributed by atoms with E-state index in [4.69, 9.17) is 0 Å². The number of piperazine rings is 1. The van der Waals surface area contributed by atoms with Crippen molar-refractivity contribution in [2.45, 2.75) is 12.5 Å². The summed E-state index contributed by atoms with van der Waals surface area (Å²) in [6.45, 7) is 8.33. The highest BCUT2D eigenvalue weighted by atomic mass is 35.5. The molecule has 0 saturated carbocycles. The van der Waals surface area contributed by atoms with Crippen molar-refractivity contribution in [2.75, 3.05) is 45.8 Å². The maximum Gasteiger partial charge on any atom is 0.0233 e. The van der Waals surface area contributed by atoms with Gasteiger partial charge in [0, 0.05) is 45.3 Å². The van der Waals surface area contributed by atoms with Gasteiger partial charge in [-0.1, -0.05) is 42.5 Å². The Morgan fingerprint density at radius 2 is 1.77 bits per heavy atom. The molecule has 1 aromatic rings. The van der Waals surface area contributed by atoms with Crippen molar-refractivity contribution in [1.29, 1.82) is 0 Å². The van der Waals surface area contributed by atoms with Gasteiger partial charge in [0.2, 0.25) is 0 Å². The van der Waals surface area contributed by atoms with Gasteiger partial charge in [-0.25, -0.2) is 0 Å². The lowest BCUT2D eigenvalue weighted by atomic mass is 10.2. The Morgan fingerprint density at radius 3 is 2.41 bits per heavy atom. The predicted molar refractivity (Wildman–Crippen MR) is 99.3 cm³/mol. The van der Waals surface area contributed by atoms with Crippen molar-refractivity contribution in [1.82, 2.24) is 15.1 Å². The Hall–Kier alpha value is -0.580. The summed E-state index contributed by atoms with van der Waals surface area (Å²) in [5, 5.41) is 3.47. The Morgan fingerprint density at radius 1 is 1.05 bits per heavy atom. The van der Waals surface area contributed by atoms with Crippen molar-refractivity contribution >= 4 is 30.9 Å². The standard InChI is InChI=1S/C17H25N3.2ClH/c1-2-5-16(6-3-1)7-4-10-19-11-13-20(14-12-19)17-8-9-18-15-17;;/h1-7,17-18H,8-15H2;2*1H/b7-4+;;. The average Bonchev–Trinajstić information content (AvgIpc) is 3.03. The van der Waals surface area contributed by atoms with Crippen LogP contribution in [0, 0.1) is 0 Å². The van der Waals surface area contributed by atoms with Crippen LogP contribution in [-0.4, -0.2) is 61.7 Å². The van der Waals surface area contributed by atoms with Crippen LogP contribution in [0.3, 0.4) is 0 Å². The number of benzene rings is 1. The number of halogens is 2. The smallest absolute Gasteiger partial charge is 0.0233 e. The first-order chi connectivity index (χ1) is 9.92. The molecular weight excluding hydrogens is 317 g/mol. The summed E-state index contributed by atoms with van der Waals surface area (Å²) in [5.41, 5.74) is 1.29. The molecule has 2 saturated heterocycles. The fourth-order valence-electron chi connectivity index (χ4n) is 3.16.